The van der Waals surface area contributed by atoms with Gasteiger partial charge in [-0.15, -0.1) is 0 Å². The van der Waals surface area contributed by atoms with Gasteiger partial charge in [-0.05, 0) is 18.2 Å². The summed E-state index contributed by atoms with van der Waals surface area (Å²) in [6.45, 7) is 5.61. The number of nitrogens with zero attached hydrogens (tertiary/aromatic N) is 3. The molecule has 0 aliphatic carbocycles. The summed E-state index contributed by atoms with van der Waals surface area (Å²) in [5.41, 5.74) is 1.81. The van der Waals surface area contributed by atoms with Gasteiger partial charge in [-0.25, -0.2) is 4.79 Å². The fourth-order valence-electron chi connectivity index (χ4n) is 4.69. The van der Waals surface area contributed by atoms with Crippen LogP contribution in [0.15, 0.2) is 84.9 Å². The third-order valence-electron chi connectivity index (χ3n) is 6.59. The van der Waals surface area contributed by atoms with E-state index in [0.717, 1.165) is 30.5 Å². The second-order valence-corrected chi connectivity index (χ2v) is 8.60. The van der Waals surface area contributed by atoms with Crippen molar-refractivity contribution >= 4 is 23.0 Å². The maximum absolute atomic E-state index is 13.1. The molecule has 1 heterocycles. The summed E-state index contributed by atoms with van der Waals surface area (Å²) in [5.74, 6) is 0.0417. The van der Waals surface area contributed by atoms with E-state index in [2.05, 4.69) is 4.90 Å². The number of anilines is 1. The Morgan fingerprint density at radius 1 is 0.824 bits per heavy atom. The quantitative estimate of drug-likeness (QED) is 0.433. The number of benzene rings is 3. The summed E-state index contributed by atoms with van der Waals surface area (Å²) in [4.78, 5) is 17.4. The van der Waals surface area contributed by atoms with Gasteiger partial charge in [-0.3, -0.25) is 4.90 Å². The number of piperazine rings is 1. The number of hydrogen-bond donors (Lipinski definition) is 0. The average Bonchev–Trinajstić information content (AvgIpc) is 2.85. The van der Waals surface area contributed by atoms with Crippen molar-refractivity contribution in [2.24, 2.45) is 0 Å². The van der Waals surface area contributed by atoms with Gasteiger partial charge in [0.1, 0.15) is 17.9 Å². The highest BCUT2D eigenvalue weighted by Crippen LogP contribution is 2.35. The van der Waals surface area contributed by atoms with Crippen molar-refractivity contribution < 1.29 is 18.0 Å². The molecule has 3 aromatic carbocycles. The van der Waals surface area contributed by atoms with Crippen LogP contribution in [-0.2, 0) is 11.0 Å². The molecule has 0 saturated carbocycles. The molecule has 0 unspecified atom stereocenters. The summed E-state index contributed by atoms with van der Waals surface area (Å²) in [7, 11) is 0. The first-order chi connectivity index (χ1) is 16.3. The molecule has 7 heteroatoms. The van der Waals surface area contributed by atoms with Crippen LogP contribution in [0.3, 0.4) is 0 Å². The van der Waals surface area contributed by atoms with Crippen LogP contribution in [-0.4, -0.2) is 50.1 Å². The monoisotopic (exact) mass is 468 g/mol. The number of para-hydroxylation sites is 2. The summed E-state index contributed by atoms with van der Waals surface area (Å²) < 4.78 is 39.4. The molecular weight excluding hydrogens is 439 g/mol. The van der Waals surface area contributed by atoms with Gasteiger partial charge in [0.2, 0.25) is 0 Å². The Labute approximate surface area is 198 Å². The van der Waals surface area contributed by atoms with Gasteiger partial charge in [-0.1, -0.05) is 42.5 Å². The van der Waals surface area contributed by atoms with E-state index in [1.807, 2.05) is 65.6 Å². The van der Waals surface area contributed by atoms with Gasteiger partial charge in [0, 0.05) is 62.7 Å². The van der Waals surface area contributed by atoms with Crippen molar-refractivity contribution in [2.45, 2.75) is 13.1 Å². The molecule has 34 heavy (non-hydrogen) atoms. The molecule has 0 radical (unpaired) electrons. The highest BCUT2D eigenvalue weighted by atomic mass is 19.4. The number of amides is 1. The highest BCUT2D eigenvalue weighted by molar-refractivity contribution is 5.93. The Balaban J connectivity index is 1.48. The van der Waals surface area contributed by atoms with Crippen LogP contribution in [0.4, 0.5) is 30.2 Å². The van der Waals surface area contributed by atoms with Crippen molar-refractivity contribution in [1.29, 1.82) is 0 Å². The number of hydrogen-bond acceptors (Lipinski definition) is 3. The molecular formula is C27H29F3N3O+. The maximum atomic E-state index is 13.1. The van der Waals surface area contributed by atoms with E-state index < -0.39 is 11.7 Å². The molecule has 0 bridgehead atoms. The summed E-state index contributed by atoms with van der Waals surface area (Å²) in [5, 5.41) is 0. The van der Waals surface area contributed by atoms with Gasteiger partial charge < -0.3 is 4.90 Å². The number of halogens is 3. The Hall–Kier alpha value is -3.16. The zero-order valence-corrected chi connectivity index (χ0v) is 19.2. The number of carbonyl (C=O) groups excluding carboxylic acids is 1. The molecule has 0 aromatic heterocycles. The van der Waals surface area contributed by atoms with Crippen molar-refractivity contribution in [3.8, 4) is 0 Å². The summed E-state index contributed by atoms with van der Waals surface area (Å²) >= 11 is 0. The molecule has 178 valence electrons. The van der Waals surface area contributed by atoms with Gasteiger partial charge in [0.25, 0.3) is 0 Å². The van der Waals surface area contributed by atoms with E-state index in [0.29, 0.717) is 31.9 Å². The predicted molar refractivity (Wildman–Crippen MR) is 130 cm³/mol. The van der Waals surface area contributed by atoms with Crippen LogP contribution >= 0.6 is 0 Å². The van der Waals surface area contributed by atoms with Gasteiger partial charge in [-0.2, -0.15) is 17.7 Å². The summed E-state index contributed by atoms with van der Waals surface area (Å²) in [6, 6.07) is 25.1. The van der Waals surface area contributed by atoms with E-state index in [1.54, 1.807) is 13.0 Å². The van der Waals surface area contributed by atoms with Crippen LogP contribution in [0.5, 0.6) is 0 Å². The highest BCUT2D eigenvalue weighted by Gasteiger charge is 2.39. The average molecular weight is 469 g/mol. The van der Waals surface area contributed by atoms with Gasteiger partial charge >= 0.3 is 12.1 Å². The zero-order valence-electron chi connectivity index (χ0n) is 19.2. The predicted octanol–water partition coefficient (Wildman–Crippen LogP) is 5.71. The van der Waals surface area contributed by atoms with Crippen LogP contribution in [0, 0.1) is 0 Å². The Bertz CT molecular complexity index is 1060. The van der Waals surface area contributed by atoms with E-state index in [4.69, 9.17) is 0 Å². The third-order valence-corrected chi connectivity index (χ3v) is 6.59. The SMILES string of the molecule is CC(=O)[N+](CCN1CCN(c2cccc(C(F)(F)F)c2)CC1)(c1ccccc1)c1ccccc1. The van der Waals surface area contributed by atoms with E-state index >= 15 is 0 Å². The number of alkyl halides is 3. The summed E-state index contributed by atoms with van der Waals surface area (Å²) in [6.07, 6.45) is -4.35. The fraction of sp³-hybridized carbons (Fsp3) is 0.296. The zero-order chi connectivity index (χ0) is 24.2. The minimum atomic E-state index is -4.35. The molecule has 1 aliphatic heterocycles. The lowest BCUT2D eigenvalue weighted by Crippen LogP contribution is -2.55. The molecule has 0 N–H and O–H groups in total. The Kier molecular flexibility index (Phi) is 7.05. The molecule has 0 spiro atoms. The standard InChI is InChI=1S/C27H29F3N3O/c1-22(34)33(25-11-4-2-5-12-25,26-13-6-3-7-14-26)20-19-31-15-17-32(18-16-31)24-10-8-9-23(21-24)27(28,29)30/h2-14,21H,15-20H2,1H3/q+1. The lowest BCUT2D eigenvalue weighted by Gasteiger charge is -2.39. The van der Waals surface area contributed by atoms with Crippen LogP contribution in [0.2, 0.25) is 0 Å². The van der Waals surface area contributed by atoms with Crippen molar-refractivity contribution in [3.05, 3.63) is 90.5 Å². The molecule has 1 amide bonds. The number of quaternary nitrogens is 1. The molecule has 1 fully saturated rings. The Morgan fingerprint density at radius 2 is 1.38 bits per heavy atom. The van der Waals surface area contributed by atoms with Crippen molar-refractivity contribution in [1.82, 2.24) is 9.38 Å². The largest absolute Gasteiger partial charge is 0.416 e. The molecule has 1 aliphatic rings. The van der Waals surface area contributed by atoms with Gasteiger partial charge in [0.05, 0.1) is 12.5 Å². The maximum Gasteiger partial charge on any atom is 0.416 e. The second kappa shape index (κ2) is 9.99. The lowest BCUT2D eigenvalue weighted by atomic mass is 10.1. The van der Waals surface area contributed by atoms with Crippen LogP contribution in [0.25, 0.3) is 0 Å². The molecule has 3 aromatic rings. The third kappa shape index (κ3) is 5.00. The minimum Gasteiger partial charge on any atom is -0.369 e. The van der Waals surface area contributed by atoms with Crippen LogP contribution < -0.4 is 9.38 Å². The Morgan fingerprint density at radius 3 is 1.88 bits per heavy atom. The van der Waals surface area contributed by atoms with E-state index in [1.165, 1.54) is 12.1 Å². The molecule has 4 nitrogen and oxygen atoms in total. The van der Waals surface area contributed by atoms with E-state index in [9.17, 15) is 18.0 Å². The normalized spacial score (nSPS) is 15.4. The number of rotatable bonds is 6. The van der Waals surface area contributed by atoms with E-state index in [-0.39, 0.29) is 10.4 Å². The second-order valence-electron chi connectivity index (χ2n) is 8.60. The topological polar surface area (TPSA) is 23.6 Å². The van der Waals surface area contributed by atoms with Crippen LogP contribution in [0.1, 0.15) is 12.5 Å². The molecule has 1 saturated heterocycles. The lowest BCUT2D eigenvalue weighted by molar-refractivity contribution is -0.137. The molecule has 0 atom stereocenters. The van der Waals surface area contributed by atoms with Crippen molar-refractivity contribution in [2.75, 3.05) is 44.2 Å². The first kappa shape index (κ1) is 24.0. The van der Waals surface area contributed by atoms with Gasteiger partial charge in [0.15, 0.2) is 0 Å². The minimum absolute atomic E-state index is 0.0417. The molecule has 4 rings (SSSR count). The van der Waals surface area contributed by atoms with Crippen molar-refractivity contribution in [3.63, 3.8) is 0 Å². The first-order valence-corrected chi connectivity index (χ1v) is 11.5. The smallest absolute Gasteiger partial charge is 0.369 e. The fourth-order valence-corrected chi connectivity index (χ4v) is 4.69. The number of carbonyl (C=O) groups is 1. The first-order valence-electron chi connectivity index (χ1n) is 11.5.